The summed E-state index contributed by atoms with van der Waals surface area (Å²) in [5, 5.41) is 16.2. The second-order valence-electron chi connectivity index (χ2n) is 8.82. The lowest BCUT2D eigenvalue weighted by atomic mass is 10.1. The molecule has 198 valence electrons. The third-order valence-corrected chi connectivity index (χ3v) is 5.41. The summed E-state index contributed by atoms with van der Waals surface area (Å²) in [6.07, 6.45) is 0.291. The van der Waals surface area contributed by atoms with Gasteiger partial charge in [0.1, 0.15) is 11.5 Å². The Kier molecular flexibility index (Phi) is 9.53. The van der Waals surface area contributed by atoms with Crippen LogP contribution in [0.3, 0.4) is 0 Å². The van der Waals surface area contributed by atoms with Gasteiger partial charge in [0.2, 0.25) is 5.91 Å². The van der Waals surface area contributed by atoms with Gasteiger partial charge in [0, 0.05) is 35.8 Å². The largest absolute Gasteiger partial charge is 0.457 e. The van der Waals surface area contributed by atoms with Crippen molar-refractivity contribution in [3.63, 3.8) is 0 Å². The average Bonchev–Trinajstić information content (AvgIpc) is 2.84. The molecule has 3 rings (SSSR count). The molecule has 0 saturated heterocycles. The quantitative estimate of drug-likeness (QED) is 0.191. The van der Waals surface area contributed by atoms with E-state index in [9.17, 15) is 24.5 Å². The maximum atomic E-state index is 12.2. The Labute approximate surface area is 220 Å². The van der Waals surface area contributed by atoms with Gasteiger partial charge in [-0.3, -0.25) is 24.5 Å². The van der Waals surface area contributed by atoms with Crippen LogP contribution in [-0.2, 0) is 19.1 Å². The number of amides is 2. The second-order valence-corrected chi connectivity index (χ2v) is 8.82. The lowest BCUT2D eigenvalue weighted by Crippen LogP contribution is -2.21. The molecule has 0 heterocycles. The molecule has 0 saturated carbocycles. The first-order valence-corrected chi connectivity index (χ1v) is 12.0. The lowest BCUT2D eigenvalue weighted by molar-refractivity contribution is -0.385. The van der Waals surface area contributed by atoms with Gasteiger partial charge >= 0.3 is 5.97 Å². The minimum atomic E-state index is -0.629. The molecular weight excluding hydrogens is 490 g/mol. The summed E-state index contributed by atoms with van der Waals surface area (Å²) in [4.78, 5) is 46.6. The molecule has 0 aliphatic carbocycles. The third kappa shape index (κ3) is 8.74. The SMILES string of the molecule is Cc1cc(C)cc(Oc2ccc(NC(=O)CCCC(=O)OCC(=O)Nc3ccc(C)c([N+](=O)[O-])c3)cc2)c1. The fourth-order valence-electron chi connectivity index (χ4n) is 3.65. The van der Waals surface area contributed by atoms with Crippen molar-refractivity contribution in [1.29, 1.82) is 0 Å². The zero-order valence-corrected chi connectivity index (χ0v) is 21.4. The molecule has 2 N–H and O–H groups in total. The van der Waals surface area contributed by atoms with Gasteiger partial charge in [-0.05, 0) is 80.8 Å². The van der Waals surface area contributed by atoms with E-state index in [0.29, 0.717) is 17.0 Å². The van der Waals surface area contributed by atoms with Crippen LogP contribution in [0.15, 0.2) is 60.7 Å². The highest BCUT2D eigenvalue weighted by molar-refractivity contribution is 5.93. The number of ether oxygens (including phenoxy) is 2. The van der Waals surface area contributed by atoms with Crippen molar-refractivity contribution < 1.29 is 28.8 Å². The summed E-state index contributed by atoms with van der Waals surface area (Å²) >= 11 is 0. The van der Waals surface area contributed by atoms with Crippen LogP contribution in [0.4, 0.5) is 17.1 Å². The van der Waals surface area contributed by atoms with E-state index >= 15 is 0 Å². The number of anilines is 2. The normalized spacial score (nSPS) is 10.4. The van der Waals surface area contributed by atoms with Crippen LogP contribution in [0.5, 0.6) is 11.5 Å². The smallest absolute Gasteiger partial charge is 0.306 e. The van der Waals surface area contributed by atoms with Crippen LogP contribution in [0.2, 0.25) is 0 Å². The number of nitro groups is 1. The highest BCUT2D eigenvalue weighted by atomic mass is 16.6. The molecule has 0 unspecified atom stereocenters. The van der Waals surface area contributed by atoms with Gasteiger partial charge in [0.25, 0.3) is 11.6 Å². The standard InChI is InChI=1S/C28H29N3O7/c1-18-13-19(2)15-24(14-18)38-23-11-9-21(10-12-23)29-26(32)5-4-6-28(34)37-17-27(33)30-22-8-7-20(3)25(16-22)31(35)36/h7-16H,4-6,17H2,1-3H3,(H,29,32)(H,30,33). The number of esters is 1. The van der Waals surface area contributed by atoms with E-state index in [-0.39, 0.29) is 36.5 Å². The van der Waals surface area contributed by atoms with Gasteiger partial charge in [-0.1, -0.05) is 12.1 Å². The Morgan fingerprint density at radius 2 is 1.42 bits per heavy atom. The Morgan fingerprint density at radius 1 is 0.789 bits per heavy atom. The van der Waals surface area contributed by atoms with Crippen LogP contribution in [0, 0.1) is 30.9 Å². The van der Waals surface area contributed by atoms with E-state index < -0.39 is 23.4 Å². The first kappa shape index (κ1) is 27.9. The van der Waals surface area contributed by atoms with E-state index in [1.807, 2.05) is 26.0 Å². The maximum Gasteiger partial charge on any atom is 0.306 e. The van der Waals surface area contributed by atoms with E-state index in [1.165, 1.54) is 18.2 Å². The number of hydrogen-bond donors (Lipinski definition) is 2. The summed E-state index contributed by atoms with van der Waals surface area (Å²) < 4.78 is 10.8. The first-order chi connectivity index (χ1) is 18.1. The maximum absolute atomic E-state index is 12.2. The van der Waals surface area contributed by atoms with Crippen LogP contribution < -0.4 is 15.4 Å². The number of aryl methyl sites for hydroxylation is 3. The minimum absolute atomic E-state index is 0.0423. The summed E-state index contributed by atoms with van der Waals surface area (Å²) in [5.74, 6) is -0.141. The molecule has 0 aromatic heterocycles. The Morgan fingerprint density at radius 3 is 2.08 bits per heavy atom. The number of hydrogen-bond acceptors (Lipinski definition) is 7. The second kappa shape index (κ2) is 13.0. The molecule has 10 heteroatoms. The number of nitrogens with zero attached hydrogens (tertiary/aromatic N) is 1. The topological polar surface area (TPSA) is 137 Å². The molecule has 0 aliphatic rings. The average molecular weight is 520 g/mol. The lowest BCUT2D eigenvalue weighted by Gasteiger charge is -2.10. The van der Waals surface area contributed by atoms with Gasteiger partial charge in [0.05, 0.1) is 4.92 Å². The molecule has 0 aliphatic heterocycles. The van der Waals surface area contributed by atoms with E-state index in [1.54, 1.807) is 31.2 Å². The van der Waals surface area contributed by atoms with Gasteiger partial charge in [-0.15, -0.1) is 0 Å². The van der Waals surface area contributed by atoms with Crippen molar-refractivity contribution in [1.82, 2.24) is 0 Å². The van der Waals surface area contributed by atoms with Crippen LogP contribution in [0.1, 0.15) is 36.0 Å². The fraction of sp³-hybridized carbons (Fsp3) is 0.250. The van der Waals surface area contributed by atoms with Crippen molar-refractivity contribution in [2.24, 2.45) is 0 Å². The van der Waals surface area contributed by atoms with Crippen molar-refractivity contribution in [3.05, 3.63) is 87.5 Å². The highest BCUT2D eigenvalue weighted by Gasteiger charge is 2.14. The number of nitro benzene ring substituents is 1. The number of rotatable bonds is 11. The molecule has 38 heavy (non-hydrogen) atoms. The van der Waals surface area contributed by atoms with Crippen LogP contribution >= 0.6 is 0 Å². The van der Waals surface area contributed by atoms with E-state index in [4.69, 9.17) is 9.47 Å². The molecular formula is C28H29N3O7. The van der Waals surface area contributed by atoms with Gasteiger partial charge in [-0.2, -0.15) is 0 Å². The first-order valence-electron chi connectivity index (χ1n) is 12.0. The predicted molar refractivity (Wildman–Crippen MR) is 142 cm³/mol. The zero-order chi connectivity index (χ0) is 27.7. The summed E-state index contributed by atoms with van der Waals surface area (Å²) in [6.45, 7) is 5.05. The summed E-state index contributed by atoms with van der Waals surface area (Å²) in [5.41, 5.74) is 3.36. The zero-order valence-electron chi connectivity index (χ0n) is 21.4. The molecule has 0 radical (unpaired) electrons. The molecule has 3 aromatic carbocycles. The predicted octanol–water partition coefficient (Wildman–Crippen LogP) is 5.60. The molecule has 3 aromatic rings. The van der Waals surface area contributed by atoms with Gasteiger partial charge in [0.15, 0.2) is 6.61 Å². The van der Waals surface area contributed by atoms with Crippen LogP contribution in [-0.4, -0.2) is 29.3 Å². The van der Waals surface area contributed by atoms with Crippen molar-refractivity contribution in [2.75, 3.05) is 17.2 Å². The molecule has 10 nitrogen and oxygen atoms in total. The highest BCUT2D eigenvalue weighted by Crippen LogP contribution is 2.25. The number of carbonyl (C=O) groups excluding carboxylic acids is 3. The molecule has 2 amide bonds. The Balaban J connectivity index is 1.35. The van der Waals surface area contributed by atoms with Crippen LogP contribution in [0.25, 0.3) is 0 Å². The number of nitrogens with one attached hydrogen (secondary N) is 2. The van der Waals surface area contributed by atoms with Crippen molar-refractivity contribution >= 4 is 34.8 Å². The molecule has 0 atom stereocenters. The Bertz CT molecular complexity index is 1320. The van der Waals surface area contributed by atoms with Crippen molar-refractivity contribution in [2.45, 2.75) is 40.0 Å². The van der Waals surface area contributed by atoms with Crippen molar-refractivity contribution in [3.8, 4) is 11.5 Å². The molecule has 0 spiro atoms. The monoisotopic (exact) mass is 519 g/mol. The summed E-state index contributed by atoms with van der Waals surface area (Å²) in [7, 11) is 0. The molecule has 0 fully saturated rings. The van der Waals surface area contributed by atoms with Gasteiger partial charge in [-0.25, -0.2) is 0 Å². The third-order valence-electron chi connectivity index (χ3n) is 5.41. The number of benzene rings is 3. The minimum Gasteiger partial charge on any atom is -0.457 e. The fourth-order valence-corrected chi connectivity index (χ4v) is 3.65. The van der Waals surface area contributed by atoms with E-state index in [2.05, 4.69) is 16.7 Å². The van der Waals surface area contributed by atoms with E-state index in [0.717, 1.165) is 16.9 Å². The van der Waals surface area contributed by atoms with Gasteiger partial charge < -0.3 is 20.1 Å². The molecule has 0 bridgehead atoms. The Hall–Kier alpha value is -4.73. The summed E-state index contributed by atoms with van der Waals surface area (Å²) in [6, 6.07) is 17.2. The number of carbonyl (C=O) groups is 3.